The Balaban J connectivity index is -0.0000000743. The van der Waals surface area contributed by atoms with Crippen molar-refractivity contribution in [3.63, 3.8) is 0 Å². The van der Waals surface area contributed by atoms with Crippen LogP contribution in [0, 0.1) is 5.41 Å². The first-order valence-electron chi connectivity index (χ1n) is 5.20. The molecule has 17 heavy (non-hydrogen) atoms. The second-order valence-electron chi connectivity index (χ2n) is 3.04. The van der Waals surface area contributed by atoms with Gasteiger partial charge in [-0.15, -0.1) is 0 Å². The van der Waals surface area contributed by atoms with Crippen LogP contribution in [0.5, 0.6) is 0 Å². The predicted octanol–water partition coefficient (Wildman–Crippen LogP) is 1.11. The number of hydrogen-bond acceptors (Lipinski definition) is 4. The summed E-state index contributed by atoms with van der Waals surface area (Å²) in [5.41, 5.74) is 0. The van der Waals surface area contributed by atoms with Crippen LogP contribution in [0.15, 0.2) is 0 Å². The summed E-state index contributed by atoms with van der Waals surface area (Å²) >= 11 is 0. The molecule has 2 amide bonds. The number of carbonyl (C=O) groups is 2. The molecule has 0 rings (SSSR count). The maximum absolute atomic E-state index is 9.87. The minimum absolute atomic E-state index is 0.331. The van der Waals surface area contributed by atoms with Gasteiger partial charge in [-0.1, -0.05) is 13.8 Å². The minimum atomic E-state index is 0.331. The Morgan fingerprint density at radius 3 is 1.29 bits per heavy atom. The van der Waals surface area contributed by atoms with Crippen LogP contribution < -0.4 is 0 Å². The molecule has 0 saturated carbocycles. The zero-order valence-corrected chi connectivity index (χ0v) is 11.9. The van der Waals surface area contributed by atoms with Gasteiger partial charge in [0, 0.05) is 27.2 Å². The van der Waals surface area contributed by atoms with Crippen molar-refractivity contribution in [3.05, 3.63) is 0 Å². The molecule has 0 fully saturated rings. The van der Waals surface area contributed by atoms with E-state index in [1.807, 2.05) is 27.7 Å². The highest BCUT2D eigenvalue weighted by Crippen LogP contribution is 1.85. The van der Waals surface area contributed by atoms with Crippen LogP contribution in [-0.4, -0.2) is 55.9 Å². The summed E-state index contributed by atoms with van der Waals surface area (Å²) in [6.45, 7) is 7.93. The lowest BCUT2D eigenvalue weighted by molar-refractivity contribution is -0.118. The third-order valence-corrected chi connectivity index (χ3v) is 1.19. The third-order valence-electron chi connectivity index (χ3n) is 1.19. The molecule has 0 spiro atoms. The lowest BCUT2D eigenvalue weighted by Crippen LogP contribution is -2.23. The van der Waals surface area contributed by atoms with Crippen LogP contribution in [0.3, 0.4) is 0 Å². The molecule has 0 unspecified atom stereocenters. The molecule has 0 saturated heterocycles. The number of rotatable bonds is 3. The van der Waals surface area contributed by atoms with Gasteiger partial charge in [-0.2, -0.15) is 0 Å². The van der Waals surface area contributed by atoms with E-state index in [0.717, 1.165) is 18.9 Å². The average molecular weight is 247 g/mol. The molecule has 0 aromatic rings. The van der Waals surface area contributed by atoms with Gasteiger partial charge in [0.15, 0.2) is 0 Å². The second kappa shape index (κ2) is 23.9. The van der Waals surface area contributed by atoms with E-state index < -0.39 is 0 Å². The number of hydrogen-bond donors (Lipinski definition) is 1. The Hall–Kier alpha value is -1.68. The van der Waals surface area contributed by atoms with Crippen LogP contribution in [0.25, 0.3) is 0 Å². The molecule has 0 aliphatic rings. The first-order chi connectivity index (χ1) is 7.87. The van der Waals surface area contributed by atoms with E-state index in [1.165, 1.54) is 4.90 Å². The Kier molecular flexibility index (Phi) is 34.4. The summed E-state index contributed by atoms with van der Waals surface area (Å²) in [5.74, 6) is 0. The molecule has 1 N–H and O–H groups in total. The molecule has 0 aromatic heterocycles. The monoisotopic (exact) mass is 247 g/mol. The molecule has 0 radical (unpaired) electrons. The second-order valence-corrected chi connectivity index (χ2v) is 3.04. The van der Waals surface area contributed by atoms with Crippen molar-refractivity contribution < 1.29 is 14.4 Å². The average Bonchev–Trinajstić information content (AvgIpc) is 2.32. The molecule has 0 atom stereocenters. The van der Waals surface area contributed by atoms with Crippen LogP contribution in [-0.2, 0) is 14.4 Å². The van der Waals surface area contributed by atoms with Crippen LogP contribution in [0.4, 0.5) is 0 Å². The van der Waals surface area contributed by atoms with Gasteiger partial charge in [0.1, 0.15) is 0 Å². The Morgan fingerprint density at radius 1 is 1.06 bits per heavy atom. The van der Waals surface area contributed by atoms with Crippen molar-refractivity contribution in [2.24, 2.45) is 0 Å². The largest absolute Gasteiger partial charge is 0.351 e. The molecule has 0 aromatic carbocycles. The lowest BCUT2D eigenvalue weighted by atomic mass is 10.4. The van der Waals surface area contributed by atoms with Gasteiger partial charge in [0.05, 0.1) is 0 Å². The van der Waals surface area contributed by atoms with Crippen molar-refractivity contribution >= 4 is 18.9 Å². The van der Waals surface area contributed by atoms with Crippen LogP contribution in [0.2, 0.25) is 0 Å². The van der Waals surface area contributed by atoms with Crippen LogP contribution >= 0.6 is 0 Å². The highest BCUT2D eigenvalue weighted by atomic mass is 16.1. The standard InChI is InChI=1S/C5H11NO.C3H7NO.C2H6.CHNO/c1-5(2)6(3)4-7;1-4(2)3-5;1-2;2-1-3/h4-5H,1-3H3;3H,1-2H3;1-2H3;2H. The summed E-state index contributed by atoms with van der Waals surface area (Å²) in [5, 5.41) is 5.40. The smallest absolute Gasteiger partial charge is 0.231 e. The topological polar surface area (TPSA) is 81.5 Å². The van der Waals surface area contributed by atoms with Gasteiger partial charge < -0.3 is 9.80 Å². The molecular weight excluding hydrogens is 222 g/mol. The first-order valence-corrected chi connectivity index (χ1v) is 5.20. The fourth-order valence-corrected chi connectivity index (χ4v) is 0.122. The van der Waals surface area contributed by atoms with Crippen LogP contribution in [0.1, 0.15) is 27.7 Å². The van der Waals surface area contributed by atoms with Gasteiger partial charge in [0.2, 0.25) is 18.9 Å². The normalized spacial score (nSPS) is 6.59. The van der Waals surface area contributed by atoms with Gasteiger partial charge >= 0.3 is 0 Å². The summed E-state index contributed by atoms with van der Waals surface area (Å²) in [6.07, 6.45) is 2.32. The van der Waals surface area contributed by atoms with E-state index in [-0.39, 0.29) is 0 Å². The molecule has 0 aliphatic carbocycles. The van der Waals surface area contributed by atoms with E-state index in [1.54, 1.807) is 26.0 Å². The van der Waals surface area contributed by atoms with Crippen molar-refractivity contribution in [3.8, 4) is 0 Å². The SMILES string of the molecule is CC.CC(C)N(C)C=O.CN(C)C=O.N=C=O. The number of carbonyl (C=O) groups excluding carboxylic acids is 3. The van der Waals surface area contributed by atoms with E-state index in [0.29, 0.717) is 6.04 Å². The zero-order valence-electron chi connectivity index (χ0n) is 11.9. The molecule has 0 heterocycles. The summed E-state index contributed by atoms with van der Waals surface area (Å²) in [4.78, 5) is 30.7. The fourth-order valence-electron chi connectivity index (χ4n) is 0.122. The van der Waals surface area contributed by atoms with E-state index in [4.69, 9.17) is 10.2 Å². The molecular formula is C11H25N3O3. The first kappa shape index (κ1) is 24.5. The Morgan fingerprint density at radius 2 is 1.29 bits per heavy atom. The maximum atomic E-state index is 9.87. The fraction of sp³-hybridized carbons (Fsp3) is 0.727. The van der Waals surface area contributed by atoms with Gasteiger partial charge in [0.25, 0.3) is 0 Å². The number of nitrogens with one attached hydrogen (secondary N) is 1. The summed E-state index contributed by atoms with van der Waals surface area (Å²) in [7, 11) is 5.14. The number of amides is 2. The van der Waals surface area contributed by atoms with Crippen molar-refractivity contribution in [1.82, 2.24) is 9.80 Å². The zero-order chi connectivity index (χ0) is 14.9. The van der Waals surface area contributed by atoms with Gasteiger partial charge in [-0.3, -0.25) is 9.59 Å². The van der Waals surface area contributed by atoms with E-state index in [2.05, 4.69) is 0 Å². The van der Waals surface area contributed by atoms with Gasteiger partial charge in [-0.05, 0) is 13.8 Å². The van der Waals surface area contributed by atoms with Crippen molar-refractivity contribution in [2.75, 3.05) is 21.1 Å². The molecule has 6 nitrogen and oxygen atoms in total. The highest BCUT2D eigenvalue weighted by Gasteiger charge is 1.94. The van der Waals surface area contributed by atoms with E-state index >= 15 is 0 Å². The third kappa shape index (κ3) is 54.4. The Labute approximate surface area is 104 Å². The Bertz CT molecular complexity index is 188. The van der Waals surface area contributed by atoms with E-state index in [9.17, 15) is 9.59 Å². The van der Waals surface area contributed by atoms with Gasteiger partial charge in [-0.25, -0.2) is 10.2 Å². The minimum Gasteiger partial charge on any atom is -0.351 e. The summed E-state index contributed by atoms with van der Waals surface area (Å²) in [6, 6.07) is 0.331. The number of isocyanates is 1. The number of nitrogens with zero attached hydrogens (tertiary/aromatic N) is 2. The quantitative estimate of drug-likeness (QED) is 0.461. The molecule has 6 heteroatoms. The molecule has 0 bridgehead atoms. The lowest BCUT2D eigenvalue weighted by Gasteiger charge is -2.13. The predicted molar refractivity (Wildman–Crippen MR) is 68.5 cm³/mol. The maximum Gasteiger partial charge on any atom is 0.231 e. The summed E-state index contributed by atoms with van der Waals surface area (Å²) < 4.78 is 0. The highest BCUT2D eigenvalue weighted by molar-refractivity contribution is 5.46. The van der Waals surface area contributed by atoms with Crippen molar-refractivity contribution in [2.45, 2.75) is 33.7 Å². The van der Waals surface area contributed by atoms with Crippen molar-refractivity contribution in [1.29, 1.82) is 5.41 Å². The molecule has 102 valence electrons. The molecule has 0 aliphatic heterocycles.